The second-order valence-corrected chi connectivity index (χ2v) is 7.69. The third kappa shape index (κ3) is 3.33. The van der Waals surface area contributed by atoms with Gasteiger partial charge >= 0.3 is 5.97 Å². The fraction of sp³-hybridized carbons (Fsp3) is 0.545. The smallest absolute Gasteiger partial charge is 0.346 e. The van der Waals surface area contributed by atoms with Crippen LogP contribution in [0.4, 0.5) is 0 Å². The van der Waals surface area contributed by atoms with Crippen LogP contribution in [0.5, 0.6) is 0 Å². The molecule has 2 rings (SSSR count). The molecule has 3 N–H and O–H groups in total. The minimum absolute atomic E-state index is 0.0168. The largest absolute Gasteiger partial charge is 0.477 e. The summed E-state index contributed by atoms with van der Waals surface area (Å²) in [7, 11) is -3.75. The molecule has 19 heavy (non-hydrogen) atoms. The average Bonchev–Trinajstić information content (AvgIpc) is 3.08. The first kappa shape index (κ1) is 14.4. The summed E-state index contributed by atoms with van der Waals surface area (Å²) in [5, 5.41) is 18.5. The molecule has 1 aliphatic rings. The first-order valence-electron chi connectivity index (χ1n) is 5.82. The lowest BCUT2D eigenvalue weighted by molar-refractivity contribution is 0.0701. The zero-order chi connectivity index (χ0) is 14.2. The summed E-state index contributed by atoms with van der Waals surface area (Å²) >= 11 is 0.719. The molecule has 1 unspecified atom stereocenters. The second-order valence-electron chi connectivity index (χ2n) is 4.64. The minimum Gasteiger partial charge on any atom is -0.477 e. The number of aliphatic hydroxyl groups is 1. The molecular formula is C11H15NO5S2. The lowest BCUT2D eigenvalue weighted by Crippen LogP contribution is -2.32. The van der Waals surface area contributed by atoms with Crippen LogP contribution in [0.1, 0.15) is 28.1 Å². The van der Waals surface area contributed by atoms with Crippen LogP contribution in [0.3, 0.4) is 0 Å². The summed E-state index contributed by atoms with van der Waals surface area (Å²) in [6.07, 6.45) is 1.17. The highest BCUT2D eigenvalue weighted by Gasteiger charge is 2.31. The molecule has 1 fully saturated rings. The van der Waals surface area contributed by atoms with Gasteiger partial charge in [-0.3, -0.25) is 0 Å². The van der Waals surface area contributed by atoms with E-state index in [1.54, 1.807) is 6.92 Å². The topological polar surface area (TPSA) is 104 Å². The molecule has 0 aromatic carbocycles. The number of sulfonamides is 1. The predicted octanol–water partition coefficient (Wildman–Crippen LogP) is 0.804. The van der Waals surface area contributed by atoms with Gasteiger partial charge in [0.2, 0.25) is 10.0 Å². The van der Waals surface area contributed by atoms with E-state index in [4.69, 9.17) is 5.11 Å². The van der Waals surface area contributed by atoms with Crippen LogP contribution in [-0.2, 0) is 10.0 Å². The fourth-order valence-corrected chi connectivity index (χ4v) is 4.19. The van der Waals surface area contributed by atoms with Crippen molar-refractivity contribution < 1.29 is 23.4 Å². The number of aromatic carboxylic acids is 1. The van der Waals surface area contributed by atoms with Crippen molar-refractivity contribution in [3.63, 3.8) is 0 Å². The highest BCUT2D eigenvalue weighted by molar-refractivity contribution is 7.91. The number of hydrogen-bond donors (Lipinski definition) is 3. The maximum Gasteiger partial charge on any atom is 0.346 e. The summed E-state index contributed by atoms with van der Waals surface area (Å²) in [4.78, 5) is 10.9. The van der Waals surface area contributed by atoms with E-state index in [2.05, 4.69) is 4.72 Å². The summed E-state index contributed by atoms with van der Waals surface area (Å²) in [5.41, 5.74) is 0.417. The number of hydrogen-bond acceptors (Lipinski definition) is 5. The van der Waals surface area contributed by atoms with Crippen molar-refractivity contribution in [3.8, 4) is 0 Å². The van der Waals surface area contributed by atoms with E-state index < -0.39 is 22.1 Å². The molecule has 0 aliphatic heterocycles. The molecule has 0 spiro atoms. The lowest BCUT2D eigenvalue weighted by atomic mass is 10.2. The van der Waals surface area contributed by atoms with Crippen molar-refractivity contribution in [2.75, 3.05) is 6.54 Å². The van der Waals surface area contributed by atoms with Crippen molar-refractivity contribution >= 4 is 27.3 Å². The van der Waals surface area contributed by atoms with E-state index in [9.17, 15) is 18.3 Å². The zero-order valence-electron chi connectivity index (χ0n) is 10.3. The Hall–Kier alpha value is -0.960. The van der Waals surface area contributed by atoms with Gasteiger partial charge in [0.25, 0.3) is 0 Å². The number of carboxylic acids is 1. The molecule has 0 radical (unpaired) electrons. The van der Waals surface area contributed by atoms with Crippen LogP contribution in [0, 0.1) is 12.8 Å². The number of carbonyl (C=O) groups is 1. The van der Waals surface area contributed by atoms with Crippen LogP contribution in [-0.4, -0.2) is 37.2 Å². The molecule has 1 atom stereocenters. The Balaban J connectivity index is 2.10. The summed E-state index contributed by atoms with van der Waals surface area (Å²) in [5.74, 6) is -0.954. The quantitative estimate of drug-likeness (QED) is 0.721. The number of carboxylic acid groups (broad SMARTS) is 1. The summed E-state index contributed by atoms with van der Waals surface area (Å²) in [6, 6.07) is 1.33. The van der Waals surface area contributed by atoms with Crippen LogP contribution in [0.2, 0.25) is 0 Å². The van der Waals surface area contributed by atoms with Gasteiger partial charge < -0.3 is 10.2 Å². The Kier molecular flexibility index (Phi) is 3.95. The lowest BCUT2D eigenvalue weighted by Gasteiger charge is -2.09. The minimum atomic E-state index is -3.75. The van der Waals surface area contributed by atoms with E-state index in [1.807, 2.05) is 0 Å². The first-order valence-corrected chi connectivity index (χ1v) is 8.12. The number of nitrogens with one attached hydrogen (secondary N) is 1. The predicted molar refractivity (Wildman–Crippen MR) is 69.9 cm³/mol. The Morgan fingerprint density at radius 3 is 2.68 bits per heavy atom. The van der Waals surface area contributed by atoms with Gasteiger partial charge in [-0.05, 0) is 37.3 Å². The van der Waals surface area contributed by atoms with E-state index in [0.717, 1.165) is 24.2 Å². The van der Waals surface area contributed by atoms with E-state index in [0.29, 0.717) is 5.56 Å². The first-order chi connectivity index (χ1) is 8.81. The molecule has 1 aliphatic carbocycles. The molecule has 6 nitrogen and oxygen atoms in total. The molecule has 0 bridgehead atoms. The molecular weight excluding hydrogens is 290 g/mol. The van der Waals surface area contributed by atoms with Crippen LogP contribution >= 0.6 is 11.3 Å². The van der Waals surface area contributed by atoms with Crippen molar-refractivity contribution in [1.29, 1.82) is 0 Å². The SMILES string of the molecule is Cc1cc(S(=O)(=O)NCC(O)C2CC2)sc1C(=O)O. The van der Waals surface area contributed by atoms with Gasteiger partial charge in [0.05, 0.1) is 6.10 Å². The number of aryl methyl sites for hydroxylation is 1. The van der Waals surface area contributed by atoms with E-state index >= 15 is 0 Å². The standard InChI is InChI=1S/C11H15NO5S2/c1-6-4-9(18-10(6)11(14)15)19(16,17)12-5-8(13)7-2-3-7/h4,7-8,12-13H,2-3,5H2,1H3,(H,14,15). The summed E-state index contributed by atoms with van der Waals surface area (Å²) in [6.45, 7) is 1.52. The Labute approximate surface area is 115 Å². The highest BCUT2D eigenvalue weighted by atomic mass is 32.2. The average molecular weight is 305 g/mol. The molecule has 1 aromatic rings. The normalized spacial score (nSPS) is 17.4. The van der Waals surface area contributed by atoms with E-state index in [-0.39, 0.29) is 21.5 Å². The number of aliphatic hydroxyl groups excluding tert-OH is 1. The van der Waals surface area contributed by atoms with Crippen molar-refractivity contribution in [2.24, 2.45) is 5.92 Å². The van der Waals surface area contributed by atoms with Gasteiger partial charge in [0.1, 0.15) is 9.09 Å². The maximum atomic E-state index is 12.0. The fourth-order valence-electron chi connectivity index (χ4n) is 1.71. The van der Waals surface area contributed by atoms with Crippen LogP contribution < -0.4 is 4.72 Å². The van der Waals surface area contributed by atoms with Crippen LogP contribution in [0.25, 0.3) is 0 Å². The maximum absolute atomic E-state index is 12.0. The van der Waals surface area contributed by atoms with Crippen molar-refractivity contribution in [2.45, 2.75) is 30.1 Å². The van der Waals surface area contributed by atoms with Gasteiger partial charge in [-0.1, -0.05) is 0 Å². The van der Waals surface area contributed by atoms with Crippen molar-refractivity contribution in [3.05, 3.63) is 16.5 Å². The second kappa shape index (κ2) is 5.20. The Bertz CT molecular complexity index is 588. The van der Waals surface area contributed by atoms with Crippen LogP contribution in [0.15, 0.2) is 10.3 Å². The monoisotopic (exact) mass is 305 g/mol. The van der Waals surface area contributed by atoms with Gasteiger partial charge in [0, 0.05) is 6.54 Å². The van der Waals surface area contributed by atoms with Gasteiger partial charge in [0.15, 0.2) is 0 Å². The Morgan fingerprint density at radius 1 is 1.58 bits per heavy atom. The highest BCUT2D eigenvalue weighted by Crippen LogP contribution is 2.32. The third-order valence-corrected chi connectivity index (χ3v) is 6.13. The van der Waals surface area contributed by atoms with Gasteiger partial charge in [-0.2, -0.15) is 0 Å². The van der Waals surface area contributed by atoms with E-state index in [1.165, 1.54) is 6.07 Å². The molecule has 0 amide bonds. The van der Waals surface area contributed by atoms with Gasteiger partial charge in [-0.15, -0.1) is 11.3 Å². The van der Waals surface area contributed by atoms with Gasteiger partial charge in [-0.25, -0.2) is 17.9 Å². The molecule has 0 saturated heterocycles. The third-order valence-electron chi connectivity index (χ3n) is 3.00. The number of rotatable bonds is 6. The number of thiophene rings is 1. The van der Waals surface area contributed by atoms with Crippen molar-refractivity contribution in [1.82, 2.24) is 4.72 Å². The zero-order valence-corrected chi connectivity index (χ0v) is 11.9. The molecule has 1 heterocycles. The molecule has 106 valence electrons. The Morgan fingerprint density at radius 2 is 2.21 bits per heavy atom. The summed E-state index contributed by atoms with van der Waals surface area (Å²) < 4.78 is 26.2. The molecule has 1 saturated carbocycles. The molecule has 1 aromatic heterocycles. The molecule has 8 heteroatoms.